The number of carbonyl (C=O) groups excluding carboxylic acids is 1. The van der Waals surface area contributed by atoms with Crippen LogP contribution in [0.1, 0.15) is 11.1 Å². The summed E-state index contributed by atoms with van der Waals surface area (Å²) in [6.45, 7) is 3.82. The van der Waals surface area contributed by atoms with E-state index in [1.54, 1.807) is 18.2 Å². The minimum absolute atomic E-state index is 0.0279. The van der Waals surface area contributed by atoms with Crippen LogP contribution in [0.2, 0.25) is 0 Å². The highest BCUT2D eigenvalue weighted by molar-refractivity contribution is 7.94. The van der Waals surface area contributed by atoms with Crippen molar-refractivity contribution in [3.8, 4) is 0 Å². The molecule has 1 N–H and O–H groups in total. The van der Waals surface area contributed by atoms with Gasteiger partial charge in [0.2, 0.25) is 20.1 Å². The van der Waals surface area contributed by atoms with E-state index in [0.717, 1.165) is 27.2 Å². The third kappa shape index (κ3) is 3.32. The van der Waals surface area contributed by atoms with Crippen molar-refractivity contribution in [3.05, 3.63) is 53.6 Å². The van der Waals surface area contributed by atoms with Crippen LogP contribution in [0, 0.1) is 13.8 Å². The highest BCUT2D eigenvalue weighted by Crippen LogP contribution is 2.26. The van der Waals surface area contributed by atoms with Crippen LogP contribution in [0.4, 0.5) is 5.69 Å². The Morgan fingerprint density at radius 3 is 2.62 bits per heavy atom. The van der Waals surface area contributed by atoms with Crippen molar-refractivity contribution in [2.24, 2.45) is 0 Å². The molecule has 7 heteroatoms. The van der Waals surface area contributed by atoms with Crippen molar-refractivity contribution in [2.75, 3.05) is 11.1 Å². The molecular formula is C17H16N2O3S2. The first-order chi connectivity index (χ1) is 11.4. The maximum Gasteiger partial charge on any atom is 0.240 e. The van der Waals surface area contributed by atoms with Crippen molar-refractivity contribution in [1.29, 1.82) is 0 Å². The van der Waals surface area contributed by atoms with Gasteiger partial charge < -0.3 is 5.32 Å². The Balaban J connectivity index is 1.81. The van der Waals surface area contributed by atoms with Gasteiger partial charge in [-0.2, -0.15) is 0 Å². The van der Waals surface area contributed by atoms with Crippen molar-refractivity contribution < 1.29 is 13.2 Å². The quantitative estimate of drug-likeness (QED) is 0.774. The van der Waals surface area contributed by atoms with Gasteiger partial charge in [0, 0.05) is 5.69 Å². The fraction of sp³-hybridized carbons (Fsp3) is 0.176. The van der Waals surface area contributed by atoms with Crippen LogP contribution in [0.3, 0.4) is 0 Å². The average molecular weight is 360 g/mol. The summed E-state index contributed by atoms with van der Waals surface area (Å²) in [7, 11) is -3.77. The second kappa shape index (κ2) is 6.33. The molecule has 2 aromatic carbocycles. The topological polar surface area (TPSA) is 76.1 Å². The summed E-state index contributed by atoms with van der Waals surface area (Å²) in [5.41, 5.74) is 3.19. The minimum Gasteiger partial charge on any atom is -0.325 e. The number of rotatable bonds is 4. The summed E-state index contributed by atoms with van der Waals surface area (Å²) >= 11 is 1.08. The molecule has 0 aliphatic carbocycles. The highest BCUT2D eigenvalue weighted by Gasteiger charge is 2.23. The summed E-state index contributed by atoms with van der Waals surface area (Å²) in [4.78, 5) is 16.3. The van der Waals surface area contributed by atoms with E-state index < -0.39 is 21.5 Å². The zero-order valence-corrected chi connectivity index (χ0v) is 14.9. The van der Waals surface area contributed by atoms with Gasteiger partial charge in [-0.15, -0.1) is 11.3 Å². The molecule has 3 aromatic rings. The number of sulfone groups is 1. The van der Waals surface area contributed by atoms with Crippen LogP contribution in [-0.4, -0.2) is 25.1 Å². The minimum atomic E-state index is -3.77. The maximum atomic E-state index is 12.4. The number of aromatic nitrogens is 1. The molecule has 0 bridgehead atoms. The molecule has 3 rings (SSSR count). The van der Waals surface area contributed by atoms with Crippen LogP contribution in [0.15, 0.2) is 46.8 Å². The molecule has 124 valence electrons. The van der Waals surface area contributed by atoms with Crippen LogP contribution in [-0.2, 0) is 14.6 Å². The number of hydrogen-bond donors (Lipinski definition) is 1. The van der Waals surface area contributed by atoms with Gasteiger partial charge in [-0.25, -0.2) is 13.4 Å². The number of aryl methyl sites for hydroxylation is 1. The maximum absolute atomic E-state index is 12.4. The van der Waals surface area contributed by atoms with Crippen molar-refractivity contribution >= 4 is 43.0 Å². The van der Waals surface area contributed by atoms with E-state index in [1.807, 2.05) is 38.1 Å². The summed E-state index contributed by atoms with van der Waals surface area (Å²) in [5, 5.41) is 2.67. The Hall–Kier alpha value is -2.25. The second-order valence-corrected chi connectivity index (χ2v) is 8.70. The molecule has 0 fully saturated rings. The third-order valence-corrected chi connectivity index (χ3v) is 6.85. The number of thiazole rings is 1. The van der Waals surface area contributed by atoms with Gasteiger partial charge >= 0.3 is 0 Å². The first-order valence-corrected chi connectivity index (χ1v) is 9.78. The number of hydrogen-bond acceptors (Lipinski definition) is 5. The number of anilines is 1. The van der Waals surface area contributed by atoms with Crippen molar-refractivity contribution in [2.45, 2.75) is 18.2 Å². The number of nitrogens with one attached hydrogen (secondary N) is 1. The van der Waals surface area contributed by atoms with Crippen LogP contribution in [0.25, 0.3) is 10.2 Å². The molecule has 0 aliphatic heterocycles. The van der Waals surface area contributed by atoms with Gasteiger partial charge in [-0.3, -0.25) is 4.79 Å². The van der Waals surface area contributed by atoms with Crippen molar-refractivity contribution in [3.63, 3.8) is 0 Å². The molecule has 5 nitrogen and oxygen atoms in total. The van der Waals surface area contributed by atoms with Gasteiger partial charge in [-0.05, 0) is 43.2 Å². The number of fused-ring (bicyclic) bond motifs is 1. The third-order valence-electron chi connectivity index (χ3n) is 3.74. The number of benzene rings is 2. The molecule has 0 unspecified atom stereocenters. The monoisotopic (exact) mass is 360 g/mol. The van der Waals surface area contributed by atoms with E-state index in [1.165, 1.54) is 0 Å². The molecule has 1 amide bonds. The Bertz CT molecular complexity index is 990. The average Bonchev–Trinajstić information content (AvgIpc) is 2.96. The van der Waals surface area contributed by atoms with Gasteiger partial charge in [0.1, 0.15) is 5.75 Å². The largest absolute Gasteiger partial charge is 0.325 e. The van der Waals surface area contributed by atoms with Gasteiger partial charge in [0.05, 0.1) is 10.2 Å². The lowest BCUT2D eigenvalue weighted by atomic mass is 10.1. The molecule has 0 saturated heterocycles. The summed E-state index contributed by atoms with van der Waals surface area (Å²) in [6, 6.07) is 12.7. The Morgan fingerprint density at radius 2 is 1.88 bits per heavy atom. The number of nitrogens with zero attached hydrogens (tertiary/aromatic N) is 1. The summed E-state index contributed by atoms with van der Waals surface area (Å²) in [5.74, 6) is -1.19. The highest BCUT2D eigenvalue weighted by atomic mass is 32.2. The van der Waals surface area contributed by atoms with E-state index in [0.29, 0.717) is 11.2 Å². The normalized spacial score (nSPS) is 11.6. The first kappa shape index (κ1) is 16.6. The smallest absolute Gasteiger partial charge is 0.240 e. The first-order valence-electron chi connectivity index (χ1n) is 7.31. The van der Waals surface area contributed by atoms with Crippen LogP contribution >= 0.6 is 11.3 Å². The molecule has 0 spiro atoms. The Kier molecular flexibility index (Phi) is 4.38. The molecule has 24 heavy (non-hydrogen) atoms. The summed E-state index contributed by atoms with van der Waals surface area (Å²) < 4.78 is 25.6. The Labute approximate surface area is 144 Å². The number of amides is 1. The van der Waals surface area contributed by atoms with Crippen molar-refractivity contribution in [1.82, 2.24) is 4.98 Å². The second-order valence-electron chi connectivity index (χ2n) is 5.50. The predicted molar refractivity (Wildman–Crippen MR) is 96.2 cm³/mol. The molecule has 0 atom stereocenters. The van der Waals surface area contributed by atoms with E-state index in [4.69, 9.17) is 0 Å². The fourth-order valence-corrected chi connectivity index (χ4v) is 4.72. The van der Waals surface area contributed by atoms with E-state index in [9.17, 15) is 13.2 Å². The lowest BCUT2D eigenvalue weighted by molar-refractivity contribution is -0.113. The molecule has 0 aliphatic rings. The van der Waals surface area contributed by atoms with E-state index in [2.05, 4.69) is 10.3 Å². The molecule has 1 aromatic heterocycles. The lowest BCUT2D eigenvalue weighted by Gasteiger charge is -2.10. The molecular weight excluding hydrogens is 344 g/mol. The van der Waals surface area contributed by atoms with Gasteiger partial charge in [0.25, 0.3) is 0 Å². The van der Waals surface area contributed by atoms with Gasteiger partial charge in [0.15, 0.2) is 0 Å². The van der Waals surface area contributed by atoms with E-state index in [-0.39, 0.29) is 4.34 Å². The molecule has 0 radical (unpaired) electrons. The lowest BCUT2D eigenvalue weighted by Crippen LogP contribution is -2.23. The van der Waals surface area contributed by atoms with E-state index >= 15 is 0 Å². The number of para-hydroxylation sites is 1. The van der Waals surface area contributed by atoms with Gasteiger partial charge in [-0.1, -0.05) is 24.3 Å². The zero-order chi connectivity index (χ0) is 17.3. The molecule has 1 heterocycles. The fourth-order valence-electron chi connectivity index (χ4n) is 2.29. The SMILES string of the molecule is Cc1cccc(NC(=O)CS(=O)(=O)c2nc3ccccc3s2)c1C. The standard InChI is InChI=1S/C17H16N2O3S2/c1-11-6-5-8-13(12(11)2)18-16(20)10-24(21,22)17-19-14-7-3-4-9-15(14)23-17/h3-9H,10H2,1-2H3,(H,18,20). The van der Waals surface area contributed by atoms with Crippen LogP contribution < -0.4 is 5.32 Å². The van der Waals surface area contributed by atoms with Crippen LogP contribution in [0.5, 0.6) is 0 Å². The Morgan fingerprint density at radius 1 is 1.12 bits per heavy atom. The number of carbonyl (C=O) groups is 1. The predicted octanol–water partition coefficient (Wildman–Crippen LogP) is 3.33. The zero-order valence-electron chi connectivity index (χ0n) is 13.2. The summed E-state index contributed by atoms with van der Waals surface area (Å²) in [6.07, 6.45) is 0. The molecule has 0 saturated carbocycles.